The summed E-state index contributed by atoms with van der Waals surface area (Å²) in [7, 11) is 4.18. The first-order valence-electron chi connectivity index (χ1n) is 7.90. The Balaban J connectivity index is 1.91. The van der Waals surface area contributed by atoms with E-state index in [1.807, 2.05) is 0 Å². The van der Waals surface area contributed by atoms with E-state index in [1.165, 1.54) is 37.1 Å². The third kappa shape index (κ3) is 3.91. The van der Waals surface area contributed by atoms with E-state index in [0.29, 0.717) is 11.5 Å². The van der Waals surface area contributed by atoms with Gasteiger partial charge in [-0.25, -0.2) is 0 Å². The van der Waals surface area contributed by atoms with Gasteiger partial charge in [0.05, 0.1) is 0 Å². The van der Waals surface area contributed by atoms with Gasteiger partial charge in [0.15, 0.2) is 0 Å². The second-order valence-corrected chi connectivity index (χ2v) is 7.50. The van der Waals surface area contributed by atoms with Gasteiger partial charge in [0.25, 0.3) is 0 Å². The van der Waals surface area contributed by atoms with Crippen molar-refractivity contribution in [3.8, 4) is 0 Å². The van der Waals surface area contributed by atoms with Gasteiger partial charge >= 0.3 is 0 Å². The van der Waals surface area contributed by atoms with Gasteiger partial charge in [-0.1, -0.05) is 26.8 Å². The minimum atomic E-state index is 0.468. The Hall–Kier alpha value is -1.18. The highest BCUT2D eigenvalue weighted by atomic mass is 15.1. The van der Waals surface area contributed by atoms with Gasteiger partial charge in [0.1, 0.15) is 0 Å². The second kappa shape index (κ2) is 6.07. The summed E-state index contributed by atoms with van der Waals surface area (Å²) >= 11 is 0. The number of nitrogens with one attached hydrogen (secondary N) is 1. The van der Waals surface area contributed by atoms with Crippen molar-refractivity contribution < 1.29 is 0 Å². The van der Waals surface area contributed by atoms with E-state index in [9.17, 15) is 0 Å². The van der Waals surface area contributed by atoms with E-state index >= 15 is 0 Å². The first-order valence-corrected chi connectivity index (χ1v) is 7.90. The van der Waals surface area contributed by atoms with Crippen LogP contribution >= 0.6 is 0 Å². The molecule has 0 bridgehead atoms. The Kier molecular flexibility index (Phi) is 4.62. The molecule has 112 valence electrons. The summed E-state index contributed by atoms with van der Waals surface area (Å²) in [4.78, 5) is 2.15. The number of rotatable bonds is 3. The fourth-order valence-corrected chi connectivity index (χ4v) is 3.21. The molecule has 0 heterocycles. The zero-order valence-electron chi connectivity index (χ0n) is 13.7. The predicted molar refractivity (Wildman–Crippen MR) is 89.6 cm³/mol. The van der Waals surface area contributed by atoms with Crippen LogP contribution in [0.2, 0.25) is 0 Å². The molecular formula is C18H30N2. The van der Waals surface area contributed by atoms with Gasteiger partial charge in [-0.3, -0.25) is 0 Å². The van der Waals surface area contributed by atoms with Crippen molar-refractivity contribution in [1.29, 1.82) is 0 Å². The summed E-state index contributed by atoms with van der Waals surface area (Å²) in [6, 6.07) is 9.37. The van der Waals surface area contributed by atoms with Crippen molar-refractivity contribution >= 4 is 11.4 Å². The molecule has 1 fully saturated rings. The molecule has 0 amide bonds. The molecule has 1 saturated carbocycles. The molecule has 2 heteroatoms. The van der Waals surface area contributed by atoms with Gasteiger partial charge in [-0.05, 0) is 55.2 Å². The number of hydrogen-bond acceptors (Lipinski definition) is 2. The monoisotopic (exact) mass is 274 g/mol. The lowest BCUT2D eigenvalue weighted by molar-refractivity contribution is 0.173. The minimum absolute atomic E-state index is 0.468. The molecule has 0 unspecified atom stereocenters. The van der Waals surface area contributed by atoms with Crippen LogP contribution in [0, 0.1) is 11.3 Å². The maximum absolute atomic E-state index is 3.72. The van der Waals surface area contributed by atoms with Crippen LogP contribution in [0.25, 0.3) is 0 Å². The average molecular weight is 274 g/mol. The lowest BCUT2D eigenvalue weighted by atomic mass is 9.71. The first-order chi connectivity index (χ1) is 9.36. The van der Waals surface area contributed by atoms with Crippen molar-refractivity contribution in [2.24, 2.45) is 11.3 Å². The molecule has 0 atom stereocenters. The van der Waals surface area contributed by atoms with Crippen molar-refractivity contribution in [3.05, 3.63) is 24.3 Å². The largest absolute Gasteiger partial charge is 0.382 e. The SMILES string of the molecule is CN(C)c1cccc(NC2CCC(C(C)(C)C)CC2)c1. The Morgan fingerprint density at radius 2 is 1.70 bits per heavy atom. The van der Waals surface area contributed by atoms with Gasteiger partial charge in [-0.15, -0.1) is 0 Å². The van der Waals surface area contributed by atoms with E-state index in [1.54, 1.807) is 0 Å². The maximum Gasteiger partial charge on any atom is 0.0381 e. The van der Waals surface area contributed by atoms with Crippen LogP contribution in [0.3, 0.4) is 0 Å². The molecule has 1 aromatic carbocycles. The molecule has 2 rings (SSSR count). The van der Waals surface area contributed by atoms with Crippen molar-refractivity contribution in [3.63, 3.8) is 0 Å². The highest BCUT2D eigenvalue weighted by Crippen LogP contribution is 2.38. The minimum Gasteiger partial charge on any atom is -0.382 e. The molecule has 0 aromatic heterocycles. The first kappa shape index (κ1) is 15.2. The van der Waals surface area contributed by atoms with E-state index in [0.717, 1.165) is 5.92 Å². The number of nitrogens with zero attached hydrogens (tertiary/aromatic N) is 1. The number of hydrogen-bond donors (Lipinski definition) is 1. The average Bonchev–Trinajstić information content (AvgIpc) is 2.38. The van der Waals surface area contributed by atoms with Crippen LogP contribution in [-0.2, 0) is 0 Å². The smallest absolute Gasteiger partial charge is 0.0381 e. The second-order valence-electron chi connectivity index (χ2n) is 7.50. The molecule has 1 aliphatic rings. The number of anilines is 2. The Morgan fingerprint density at radius 3 is 2.25 bits per heavy atom. The third-order valence-corrected chi connectivity index (χ3v) is 4.69. The highest BCUT2D eigenvalue weighted by Gasteiger charge is 2.29. The lowest BCUT2D eigenvalue weighted by Gasteiger charge is -2.37. The zero-order valence-corrected chi connectivity index (χ0v) is 13.7. The lowest BCUT2D eigenvalue weighted by Crippen LogP contribution is -2.31. The summed E-state index contributed by atoms with van der Waals surface area (Å²) in [5, 5.41) is 3.72. The zero-order chi connectivity index (χ0) is 14.8. The highest BCUT2D eigenvalue weighted by molar-refractivity contribution is 5.57. The maximum atomic E-state index is 3.72. The Labute approximate surface area is 124 Å². The molecule has 1 N–H and O–H groups in total. The molecule has 1 aliphatic carbocycles. The van der Waals surface area contributed by atoms with Crippen LogP contribution in [0.1, 0.15) is 46.5 Å². The van der Waals surface area contributed by atoms with Gasteiger partial charge in [0.2, 0.25) is 0 Å². The fourth-order valence-electron chi connectivity index (χ4n) is 3.21. The van der Waals surface area contributed by atoms with Crippen LogP contribution in [0.5, 0.6) is 0 Å². The number of benzene rings is 1. The quantitative estimate of drug-likeness (QED) is 0.854. The van der Waals surface area contributed by atoms with Crippen molar-refractivity contribution in [2.45, 2.75) is 52.5 Å². The van der Waals surface area contributed by atoms with Crippen LogP contribution in [-0.4, -0.2) is 20.1 Å². The molecule has 0 spiro atoms. The van der Waals surface area contributed by atoms with Gasteiger partial charge < -0.3 is 10.2 Å². The third-order valence-electron chi connectivity index (χ3n) is 4.69. The Morgan fingerprint density at radius 1 is 1.05 bits per heavy atom. The molecule has 0 radical (unpaired) electrons. The molecule has 20 heavy (non-hydrogen) atoms. The molecular weight excluding hydrogens is 244 g/mol. The van der Waals surface area contributed by atoms with E-state index in [2.05, 4.69) is 69.3 Å². The predicted octanol–water partition coefficient (Wildman–Crippen LogP) is 4.77. The molecule has 1 aromatic rings. The summed E-state index contributed by atoms with van der Waals surface area (Å²) in [6.45, 7) is 7.14. The summed E-state index contributed by atoms with van der Waals surface area (Å²) in [6.07, 6.45) is 5.31. The van der Waals surface area contributed by atoms with Gasteiger partial charge in [0, 0.05) is 31.5 Å². The topological polar surface area (TPSA) is 15.3 Å². The molecule has 0 saturated heterocycles. The van der Waals surface area contributed by atoms with Crippen LogP contribution < -0.4 is 10.2 Å². The standard InChI is InChI=1S/C18H30N2/c1-18(2,3)14-9-11-15(12-10-14)19-16-7-6-8-17(13-16)20(4)5/h6-8,13-15,19H,9-12H2,1-5H3. The van der Waals surface area contributed by atoms with E-state index < -0.39 is 0 Å². The molecule has 0 aliphatic heterocycles. The fraction of sp³-hybridized carbons (Fsp3) is 0.667. The van der Waals surface area contributed by atoms with Crippen molar-refractivity contribution in [2.75, 3.05) is 24.3 Å². The summed E-state index contributed by atoms with van der Waals surface area (Å²) in [5.74, 6) is 0.883. The van der Waals surface area contributed by atoms with Gasteiger partial charge in [-0.2, -0.15) is 0 Å². The summed E-state index contributed by atoms with van der Waals surface area (Å²) < 4.78 is 0. The van der Waals surface area contributed by atoms with E-state index in [-0.39, 0.29) is 0 Å². The van der Waals surface area contributed by atoms with Crippen LogP contribution in [0.15, 0.2) is 24.3 Å². The normalized spacial score (nSPS) is 23.4. The van der Waals surface area contributed by atoms with Crippen molar-refractivity contribution in [1.82, 2.24) is 0 Å². The summed E-state index contributed by atoms with van der Waals surface area (Å²) in [5.41, 5.74) is 2.99. The van der Waals surface area contributed by atoms with E-state index in [4.69, 9.17) is 0 Å². The molecule has 2 nitrogen and oxygen atoms in total. The van der Waals surface area contributed by atoms with Crippen LogP contribution in [0.4, 0.5) is 11.4 Å². The Bertz CT molecular complexity index is 423.